The van der Waals surface area contributed by atoms with Crippen molar-refractivity contribution in [2.75, 3.05) is 50.0 Å². The molecular weight excluding hydrogens is 2000 g/mol. The van der Waals surface area contributed by atoms with E-state index in [-0.39, 0.29) is 149 Å². The van der Waals surface area contributed by atoms with Crippen LogP contribution in [0.1, 0.15) is 242 Å². The Balaban J connectivity index is -0.00000167. The van der Waals surface area contributed by atoms with E-state index >= 15 is 0 Å². The van der Waals surface area contributed by atoms with E-state index in [1.54, 1.807) is 122 Å². The average Bonchev–Trinajstić information content (AvgIpc) is 1.12. The first-order chi connectivity index (χ1) is 68.4. The monoisotopic (exact) mass is 2150 g/mol. The van der Waals surface area contributed by atoms with Crippen molar-refractivity contribution >= 4 is 139 Å². The van der Waals surface area contributed by atoms with Gasteiger partial charge in [-0.2, -0.15) is 20.5 Å². The molecule has 38 heteroatoms. The third-order valence-corrected chi connectivity index (χ3v) is 17.9. The van der Waals surface area contributed by atoms with E-state index in [4.69, 9.17) is 95.1 Å². The molecule has 9 rings (SSSR count). The number of ether oxygens (including phenoxy) is 8. The van der Waals surface area contributed by atoms with Crippen LogP contribution in [0.3, 0.4) is 0 Å². The molecule has 0 aromatic heterocycles. The maximum absolute atomic E-state index is 12.1. The summed E-state index contributed by atoms with van der Waals surface area (Å²) in [6.45, 7) is 40.9. The number of nitrogen functional groups attached to an aromatic ring is 1. The molecule has 0 aliphatic carbocycles. The number of phenolic OH excluding ortho intramolecular Hbond substituents is 1. The number of nitro benzene ring substituents is 3. The van der Waals surface area contributed by atoms with Crippen molar-refractivity contribution in [1.29, 1.82) is 0 Å². The summed E-state index contributed by atoms with van der Waals surface area (Å²) in [6, 6.07) is 53.3. The summed E-state index contributed by atoms with van der Waals surface area (Å²) in [7, 11) is 0. The van der Waals surface area contributed by atoms with Crippen molar-refractivity contribution in [3.8, 4) is 11.5 Å². The first kappa shape index (κ1) is 138. The summed E-state index contributed by atoms with van der Waals surface area (Å²) in [5, 5.41) is 75.4. The Morgan fingerprint density at radius 3 is 0.980 bits per heavy atom. The number of esters is 6. The van der Waals surface area contributed by atoms with Crippen molar-refractivity contribution < 1.29 is 159 Å². The molecule has 1 aliphatic heterocycles. The molecule has 1 fully saturated rings. The molecular formula is C109H147Cl4KN8O25. The van der Waals surface area contributed by atoms with Gasteiger partial charge in [0.25, 0.3) is 17.1 Å². The number of nitro groups is 3. The fourth-order valence-electron chi connectivity index (χ4n) is 11.5. The van der Waals surface area contributed by atoms with Crippen LogP contribution in [0.2, 0.25) is 0 Å². The van der Waals surface area contributed by atoms with Crippen LogP contribution in [0.15, 0.2) is 239 Å². The van der Waals surface area contributed by atoms with Crippen LogP contribution < -0.4 is 67.0 Å². The SMILES string of the molecule is C1CCOC1.C=C(C)C(=O)OCCCCCCCCCl.C=C(C)C(=O)OCCCCCCCCOc1ccc(N=Nc2cccc(CC(=O)OC(C)(C)C)c2)cc1.CC(C)(C)OC(=O)Cc1cccc(N)c1.CC(C)(C)OC(=O)Cc1cccc(N=Nc2ccc(O)cc2)c1.CC(C)(C)OC(=O)Cc1cccc([N+](=O)[O-])c1.CC(C)(C)[O-].ClCCl.O=C(Cl)Cc1cccc([N+](=O)[O-])c1.O=C(O)Cc1cccc([N+](=O)[O-])c1.[HH].[K+]. The number of azo groups is 2. The van der Waals surface area contributed by atoms with Gasteiger partial charge in [0, 0.05) is 80.2 Å². The summed E-state index contributed by atoms with van der Waals surface area (Å²) in [4.78, 5) is 120. The van der Waals surface area contributed by atoms with Gasteiger partial charge in [0.15, 0.2) is 0 Å². The van der Waals surface area contributed by atoms with Gasteiger partial charge in [-0.1, -0.05) is 158 Å². The number of halogens is 4. The number of rotatable bonds is 39. The number of carboxylic acids is 1. The van der Waals surface area contributed by atoms with E-state index < -0.39 is 60.0 Å². The minimum atomic E-state index is -1.000. The number of non-ortho nitro benzene ring substituents is 3. The fourth-order valence-corrected chi connectivity index (χ4v) is 11.8. The third kappa shape index (κ3) is 81.4. The van der Waals surface area contributed by atoms with Crippen molar-refractivity contribution in [3.05, 3.63) is 282 Å². The molecule has 0 spiro atoms. The number of nitrogens with zero attached hydrogens (tertiary/aromatic N) is 7. The summed E-state index contributed by atoms with van der Waals surface area (Å²) in [5.41, 5.74) is 11.1. The Hall–Kier alpha value is -11.3. The summed E-state index contributed by atoms with van der Waals surface area (Å²) in [6.07, 6.45) is 16.1. The van der Waals surface area contributed by atoms with Gasteiger partial charge >= 0.3 is 93.2 Å². The minimum absolute atomic E-state index is 0. The van der Waals surface area contributed by atoms with E-state index in [0.29, 0.717) is 70.4 Å². The van der Waals surface area contributed by atoms with Gasteiger partial charge < -0.3 is 58.9 Å². The second-order valence-electron chi connectivity index (χ2n) is 37.6. The smallest absolute Gasteiger partial charge is 0.850 e. The van der Waals surface area contributed by atoms with Gasteiger partial charge in [-0.05, 0) is 265 Å². The zero-order valence-electron chi connectivity index (χ0n) is 88.0. The minimum Gasteiger partial charge on any atom is -0.850 e. The van der Waals surface area contributed by atoms with Gasteiger partial charge in [-0.3, -0.25) is 59.1 Å². The molecule has 0 bridgehead atoms. The number of benzene rings is 8. The van der Waals surface area contributed by atoms with Crippen LogP contribution in [0, 0.1) is 30.3 Å². The van der Waals surface area contributed by atoms with Crippen molar-refractivity contribution in [3.63, 3.8) is 0 Å². The van der Waals surface area contributed by atoms with Gasteiger partial charge in [0.2, 0.25) is 5.24 Å². The number of carboxylic acid groups (broad SMARTS) is 1. The van der Waals surface area contributed by atoms with E-state index in [2.05, 4.69) is 33.6 Å². The Kier molecular flexibility index (Phi) is 72.3. The van der Waals surface area contributed by atoms with Crippen molar-refractivity contribution in [2.45, 2.75) is 274 Å². The molecule has 8 aromatic carbocycles. The number of hydrogen-bond donors (Lipinski definition) is 3. The summed E-state index contributed by atoms with van der Waals surface area (Å²) >= 11 is 20.2. The molecule has 4 N–H and O–H groups in total. The van der Waals surface area contributed by atoms with E-state index in [9.17, 15) is 78.9 Å². The standard InChI is InChI=1S/C30H40N2O5.C18H20N2O3.C12H21ClO2.C12H15NO4.C12H17NO2.C8H6ClNO3.C8H7NO4.C4H8O.C4H9O.CH2Cl2.K.H2/c1-23(2)29(34)36-20-11-9-7-6-8-10-19-35-27-17-15-25(16-18-27)31-32-26-14-12-13-24(21-26)22-28(33)37-30(3,4)5;1-18(2,3)23-17(22)12-13-5-4-6-15(11-13)20-19-14-7-9-16(21)10-8-14;1-11(2)12(14)15-10-8-6-4-3-5-7-9-13;1-12(2,3)17-11(14)8-9-5-4-6-10(7-9)13(15)16;1-12(2,3)15-11(14)8-9-5-4-6-10(13)7-9;9-8(11)5-6-2-1-3-7(4-6)10(12)13;10-8(11)5-6-2-1-3-7(4-6)9(12)13;1-2-4-5-3-1;1-4(2,3)5;2-1-3;;/h12-18,21H,1,6-11,19-20,22H2,2-5H3;4-11,21H,12H2,1-3H3;1,3-10H2,2H3;4-7H,8H2,1-3H3;4-7H,8,13H2,1-3H3;1-4H,5H2;1-4H,5H2,(H,10,11);1-4H2;1-3H3;1H2;;1H/q;;;;;;;;-1;;+1;. The molecule has 0 amide bonds. The topological polar surface area (TPSA) is 479 Å². The zero-order chi connectivity index (χ0) is 110. The predicted molar refractivity (Wildman–Crippen MR) is 572 cm³/mol. The van der Waals surface area contributed by atoms with Crippen LogP contribution in [-0.4, -0.2) is 144 Å². The second-order valence-corrected chi connectivity index (χ2v) is 39.2. The Morgan fingerprint density at radius 2 is 0.687 bits per heavy atom. The number of anilines is 1. The largest absolute Gasteiger partial charge is 1.00 e. The number of alkyl halides is 3. The molecule has 1 heterocycles. The second kappa shape index (κ2) is 77.1. The van der Waals surface area contributed by atoms with Crippen molar-refractivity contribution in [1.82, 2.24) is 0 Å². The number of aromatic hydroxyl groups is 1. The van der Waals surface area contributed by atoms with E-state index in [1.165, 1.54) is 80.6 Å². The predicted octanol–water partition coefficient (Wildman–Crippen LogP) is 23.6. The van der Waals surface area contributed by atoms with Crippen LogP contribution in [0.25, 0.3) is 0 Å². The van der Waals surface area contributed by atoms with Crippen molar-refractivity contribution in [2.24, 2.45) is 20.5 Å². The average molecular weight is 2150 g/mol. The molecule has 8 aromatic rings. The molecule has 1 saturated heterocycles. The molecule has 33 nitrogen and oxygen atoms in total. The fraction of sp³-hybridized carbons (Fsp3) is 0.450. The maximum atomic E-state index is 12.1. The molecule has 0 unspecified atom stereocenters. The number of carbonyl (C=O) groups excluding carboxylic acids is 7. The van der Waals surface area contributed by atoms with E-state index in [1.807, 2.05) is 141 Å². The molecule has 1 aliphatic rings. The first-order valence-electron chi connectivity index (χ1n) is 47.3. The summed E-state index contributed by atoms with van der Waals surface area (Å²) < 4.78 is 41.8. The first-order valence-corrected chi connectivity index (χ1v) is 49.3. The number of nitrogens with two attached hydrogens (primary N) is 1. The van der Waals surface area contributed by atoms with Gasteiger partial charge in [0.05, 0.1) is 94.8 Å². The van der Waals surface area contributed by atoms with Gasteiger partial charge in [-0.15, -0.1) is 40.4 Å². The zero-order valence-corrected chi connectivity index (χ0v) is 94.1. The van der Waals surface area contributed by atoms with Crippen LogP contribution >= 0.6 is 46.4 Å². The molecule has 0 saturated carbocycles. The third-order valence-electron chi connectivity index (χ3n) is 17.5. The van der Waals surface area contributed by atoms with Crippen LogP contribution in [0.5, 0.6) is 11.5 Å². The normalized spacial score (nSPS) is 11.1. The van der Waals surface area contributed by atoms with E-state index in [0.717, 1.165) is 105 Å². The quantitative estimate of drug-likeness (QED) is 0.00275. The van der Waals surface area contributed by atoms with Crippen LogP contribution in [0.4, 0.5) is 45.5 Å². The molecule has 147 heavy (non-hydrogen) atoms. The number of aliphatic carboxylic acids is 1. The number of hydrogen-bond acceptors (Lipinski definition) is 29. The maximum Gasteiger partial charge on any atom is 1.00 e. The molecule has 0 radical (unpaired) electrons. The Bertz CT molecular complexity index is 5290. The number of unbranched alkanes of at least 4 members (excludes halogenated alkanes) is 10. The summed E-state index contributed by atoms with van der Waals surface area (Å²) in [5.74, 6) is -1.00. The number of carbonyl (C=O) groups is 8. The number of phenols is 1. The molecule has 802 valence electrons. The molecule has 0 atom stereocenters. The van der Waals surface area contributed by atoms with Gasteiger partial charge in [0.1, 0.15) is 33.9 Å². The Labute approximate surface area is 928 Å². The van der Waals surface area contributed by atoms with Gasteiger partial charge in [-0.25, -0.2) is 9.59 Å². The Morgan fingerprint density at radius 1 is 0.408 bits per heavy atom. The van der Waals surface area contributed by atoms with Crippen LogP contribution in [-0.2, 0) is 110 Å².